The molecule has 1 heterocycles. The molecule has 1 aromatic heterocycles. The van der Waals surface area contributed by atoms with Crippen LogP contribution in [0.2, 0.25) is 5.02 Å². The Labute approximate surface area is 86.2 Å². The number of halogens is 2. The van der Waals surface area contributed by atoms with Crippen LogP contribution < -0.4 is 0 Å². The molecular formula is C11H7ClFN. The maximum absolute atomic E-state index is 12.8. The van der Waals surface area contributed by atoms with E-state index in [4.69, 9.17) is 11.6 Å². The highest BCUT2D eigenvalue weighted by molar-refractivity contribution is 6.30. The predicted molar refractivity (Wildman–Crippen MR) is 54.6 cm³/mol. The van der Waals surface area contributed by atoms with Crippen LogP contribution >= 0.6 is 11.6 Å². The van der Waals surface area contributed by atoms with Gasteiger partial charge in [-0.3, -0.25) is 0 Å². The van der Waals surface area contributed by atoms with Crippen LogP contribution in [0.4, 0.5) is 4.39 Å². The van der Waals surface area contributed by atoms with Crippen LogP contribution in [0.5, 0.6) is 0 Å². The largest absolute Gasteiger partial charge is 0.231 e. The summed E-state index contributed by atoms with van der Waals surface area (Å²) in [5.41, 5.74) is 1.79. The van der Waals surface area contributed by atoms with E-state index in [1.54, 1.807) is 6.07 Å². The molecule has 0 saturated heterocycles. The van der Waals surface area contributed by atoms with Gasteiger partial charge in [-0.15, -0.1) is 0 Å². The topological polar surface area (TPSA) is 12.9 Å². The number of hydrogen-bond acceptors (Lipinski definition) is 1. The monoisotopic (exact) mass is 207 g/mol. The van der Waals surface area contributed by atoms with Crippen LogP contribution in [0.25, 0.3) is 11.1 Å². The fraction of sp³-hybridized carbons (Fsp3) is 0. The second-order valence-electron chi connectivity index (χ2n) is 2.86. The van der Waals surface area contributed by atoms with Gasteiger partial charge < -0.3 is 0 Å². The number of benzene rings is 1. The summed E-state index contributed by atoms with van der Waals surface area (Å²) in [6.07, 6.45) is 1.47. The Kier molecular flexibility index (Phi) is 2.46. The molecule has 0 amide bonds. The van der Waals surface area contributed by atoms with Gasteiger partial charge in [-0.1, -0.05) is 41.9 Å². The van der Waals surface area contributed by atoms with E-state index in [2.05, 4.69) is 4.98 Å². The smallest absolute Gasteiger partial charge is 0.226 e. The van der Waals surface area contributed by atoms with Gasteiger partial charge in [0.2, 0.25) is 5.95 Å². The molecule has 0 fully saturated rings. The van der Waals surface area contributed by atoms with Crippen LogP contribution in [0.3, 0.4) is 0 Å². The van der Waals surface area contributed by atoms with Crippen LogP contribution in [0.1, 0.15) is 0 Å². The van der Waals surface area contributed by atoms with E-state index < -0.39 is 5.95 Å². The summed E-state index contributed by atoms with van der Waals surface area (Å²) in [6, 6.07) is 11.1. The molecule has 3 heteroatoms. The van der Waals surface area contributed by atoms with Gasteiger partial charge in [-0.05, 0) is 11.6 Å². The van der Waals surface area contributed by atoms with Crippen molar-refractivity contribution in [2.45, 2.75) is 0 Å². The molecule has 0 bridgehead atoms. The average molecular weight is 208 g/mol. The molecule has 0 unspecified atom stereocenters. The van der Waals surface area contributed by atoms with Gasteiger partial charge in [0, 0.05) is 11.8 Å². The molecule has 0 aliphatic rings. The molecular weight excluding hydrogens is 201 g/mol. The van der Waals surface area contributed by atoms with Crippen molar-refractivity contribution >= 4 is 11.6 Å². The highest BCUT2D eigenvalue weighted by Crippen LogP contribution is 2.22. The summed E-state index contributed by atoms with van der Waals surface area (Å²) < 4.78 is 12.8. The Bertz CT molecular complexity index is 442. The number of nitrogens with zero attached hydrogens (tertiary/aromatic N) is 1. The van der Waals surface area contributed by atoms with E-state index >= 15 is 0 Å². The van der Waals surface area contributed by atoms with Crippen molar-refractivity contribution in [1.29, 1.82) is 0 Å². The maximum Gasteiger partial charge on any atom is 0.231 e. The van der Waals surface area contributed by atoms with E-state index in [-0.39, 0.29) is 5.02 Å². The fourth-order valence-corrected chi connectivity index (χ4v) is 1.38. The van der Waals surface area contributed by atoms with Gasteiger partial charge in [-0.25, -0.2) is 4.98 Å². The Balaban J connectivity index is 2.48. The lowest BCUT2D eigenvalue weighted by atomic mass is 10.1. The predicted octanol–water partition coefficient (Wildman–Crippen LogP) is 3.54. The summed E-state index contributed by atoms with van der Waals surface area (Å²) in [4.78, 5) is 3.56. The maximum atomic E-state index is 12.8. The summed E-state index contributed by atoms with van der Waals surface area (Å²) in [7, 11) is 0. The number of aromatic nitrogens is 1. The zero-order chi connectivity index (χ0) is 9.97. The summed E-state index contributed by atoms with van der Waals surface area (Å²) in [5.74, 6) is -0.633. The third-order valence-corrected chi connectivity index (χ3v) is 2.17. The van der Waals surface area contributed by atoms with E-state index in [9.17, 15) is 4.39 Å². The highest BCUT2D eigenvalue weighted by Gasteiger charge is 2.03. The van der Waals surface area contributed by atoms with Crippen molar-refractivity contribution in [1.82, 2.24) is 4.98 Å². The number of rotatable bonds is 1. The Morgan fingerprint density at radius 1 is 1.07 bits per heavy atom. The zero-order valence-electron chi connectivity index (χ0n) is 7.24. The minimum atomic E-state index is -0.633. The van der Waals surface area contributed by atoms with Gasteiger partial charge in [-0.2, -0.15) is 4.39 Å². The molecule has 1 nitrogen and oxygen atoms in total. The standard InChI is InChI=1S/C11H7ClFN/c12-10-6-9(7-14-11(10)13)8-4-2-1-3-5-8/h1-7H. The highest BCUT2D eigenvalue weighted by atomic mass is 35.5. The second kappa shape index (κ2) is 3.76. The first-order valence-corrected chi connectivity index (χ1v) is 4.51. The SMILES string of the molecule is Fc1ncc(-c2ccccc2)cc1Cl. The van der Waals surface area contributed by atoms with Crippen LogP contribution in [-0.2, 0) is 0 Å². The molecule has 0 N–H and O–H groups in total. The van der Waals surface area contributed by atoms with Gasteiger partial charge in [0.25, 0.3) is 0 Å². The third-order valence-electron chi connectivity index (χ3n) is 1.90. The molecule has 0 atom stereocenters. The first-order chi connectivity index (χ1) is 6.77. The van der Waals surface area contributed by atoms with Gasteiger partial charge >= 0.3 is 0 Å². The molecule has 0 radical (unpaired) electrons. The molecule has 1 aromatic carbocycles. The van der Waals surface area contributed by atoms with Crippen molar-refractivity contribution in [2.75, 3.05) is 0 Å². The number of pyridine rings is 1. The van der Waals surface area contributed by atoms with Gasteiger partial charge in [0.1, 0.15) is 0 Å². The summed E-state index contributed by atoms with van der Waals surface area (Å²) in [5, 5.41) is 0.0475. The summed E-state index contributed by atoms with van der Waals surface area (Å²) >= 11 is 5.63. The zero-order valence-corrected chi connectivity index (χ0v) is 8.00. The molecule has 70 valence electrons. The van der Waals surface area contributed by atoms with Crippen LogP contribution in [0.15, 0.2) is 42.6 Å². The van der Waals surface area contributed by atoms with Crippen molar-refractivity contribution in [2.24, 2.45) is 0 Å². The third kappa shape index (κ3) is 1.75. The van der Waals surface area contributed by atoms with Crippen LogP contribution in [0, 0.1) is 5.95 Å². The van der Waals surface area contributed by atoms with E-state index in [1.807, 2.05) is 30.3 Å². The van der Waals surface area contributed by atoms with E-state index in [0.29, 0.717) is 0 Å². The van der Waals surface area contributed by atoms with Gasteiger partial charge in [0.15, 0.2) is 0 Å². The lowest BCUT2D eigenvalue weighted by molar-refractivity contribution is 0.584. The molecule has 2 rings (SSSR count). The average Bonchev–Trinajstić information content (AvgIpc) is 2.23. The molecule has 0 aliphatic carbocycles. The second-order valence-corrected chi connectivity index (χ2v) is 3.27. The Morgan fingerprint density at radius 2 is 1.79 bits per heavy atom. The van der Waals surface area contributed by atoms with Crippen molar-refractivity contribution in [3.63, 3.8) is 0 Å². The van der Waals surface area contributed by atoms with Crippen molar-refractivity contribution in [3.8, 4) is 11.1 Å². The van der Waals surface area contributed by atoms with E-state index in [1.165, 1.54) is 6.20 Å². The first-order valence-electron chi connectivity index (χ1n) is 4.14. The van der Waals surface area contributed by atoms with Gasteiger partial charge in [0.05, 0.1) is 5.02 Å². The fourth-order valence-electron chi connectivity index (χ4n) is 1.21. The molecule has 2 aromatic rings. The lowest BCUT2D eigenvalue weighted by Gasteiger charge is -2.01. The van der Waals surface area contributed by atoms with E-state index in [0.717, 1.165) is 11.1 Å². The molecule has 0 aliphatic heterocycles. The Morgan fingerprint density at radius 3 is 2.43 bits per heavy atom. The number of hydrogen-bond donors (Lipinski definition) is 0. The van der Waals surface area contributed by atoms with Crippen molar-refractivity contribution in [3.05, 3.63) is 53.6 Å². The molecule has 0 saturated carbocycles. The normalized spacial score (nSPS) is 10.1. The quantitative estimate of drug-likeness (QED) is 0.652. The lowest BCUT2D eigenvalue weighted by Crippen LogP contribution is -1.85. The molecule has 0 spiro atoms. The molecule has 14 heavy (non-hydrogen) atoms. The van der Waals surface area contributed by atoms with Crippen molar-refractivity contribution < 1.29 is 4.39 Å². The van der Waals surface area contributed by atoms with Crippen LogP contribution in [-0.4, -0.2) is 4.98 Å². The summed E-state index contributed by atoms with van der Waals surface area (Å²) in [6.45, 7) is 0. The first kappa shape index (κ1) is 9.16. The Hall–Kier alpha value is -1.41. The minimum Gasteiger partial charge on any atom is -0.226 e. The minimum absolute atomic E-state index is 0.0475.